The highest BCUT2D eigenvalue weighted by Gasteiger charge is 2.24. The Labute approximate surface area is 183 Å². The van der Waals surface area contributed by atoms with Crippen molar-refractivity contribution in [2.45, 2.75) is 33.7 Å². The molecule has 6 nitrogen and oxygen atoms in total. The summed E-state index contributed by atoms with van der Waals surface area (Å²) in [5, 5.41) is 7.26. The van der Waals surface area contributed by atoms with Crippen LogP contribution >= 0.6 is 11.6 Å². The molecule has 0 aliphatic carbocycles. The van der Waals surface area contributed by atoms with Crippen LogP contribution in [0.2, 0.25) is 5.02 Å². The third-order valence-corrected chi connectivity index (χ3v) is 4.97. The van der Waals surface area contributed by atoms with Crippen LogP contribution in [-0.2, 0) is 4.79 Å². The van der Waals surface area contributed by atoms with E-state index in [0.29, 0.717) is 10.6 Å². The van der Waals surface area contributed by atoms with Crippen LogP contribution in [0.5, 0.6) is 0 Å². The fraction of sp³-hybridized carbons (Fsp3) is 0.348. The number of carbonyl (C=O) groups excluding carboxylic acids is 2. The first kappa shape index (κ1) is 23.4. The number of amides is 2. The summed E-state index contributed by atoms with van der Waals surface area (Å²) in [6.45, 7) is 9.83. The fourth-order valence-corrected chi connectivity index (χ4v) is 3.18. The number of nitrogens with zero attached hydrogens (tertiary/aromatic N) is 2. The van der Waals surface area contributed by atoms with Gasteiger partial charge < -0.3 is 10.2 Å². The Morgan fingerprint density at radius 3 is 2.33 bits per heavy atom. The van der Waals surface area contributed by atoms with Crippen LogP contribution in [0.1, 0.15) is 43.6 Å². The van der Waals surface area contributed by atoms with Crippen molar-refractivity contribution in [2.24, 2.45) is 11.0 Å². The molecular weight excluding hydrogens is 400 g/mol. The summed E-state index contributed by atoms with van der Waals surface area (Å²) < 4.78 is 0. The van der Waals surface area contributed by atoms with Gasteiger partial charge in [-0.1, -0.05) is 43.6 Å². The van der Waals surface area contributed by atoms with Gasteiger partial charge in [-0.25, -0.2) is 5.43 Å². The molecule has 0 bridgehead atoms. The van der Waals surface area contributed by atoms with Crippen LogP contribution in [0.3, 0.4) is 0 Å². The molecule has 30 heavy (non-hydrogen) atoms. The summed E-state index contributed by atoms with van der Waals surface area (Å²) in [5.41, 5.74) is 4.93. The van der Waals surface area contributed by atoms with E-state index in [0.717, 1.165) is 24.3 Å². The average Bonchev–Trinajstić information content (AvgIpc) is 2.73. The lowest BCUT2D eigenvalue weighted by Crippen LogP contribution is -2.48. The Morgan fingerprint density at radius 1 is 1.10 bits per heavy atom. The smallest absolute Gasteiger partial charge is 0.262 e. The minimum absolute atomic E-state index is 0.114. The second-order valence-electron chi connectivity index (χ2n) is 7.20. The Balaban J connectivity index is 1.98. The van der Waals surface area contributed by atoms with Crippen LogP contribution in [0.25, 0.3) is 0 Å². The molecular formula is C23H29ClN4O2. The number of benzene rings is 2. The Bertz CT molecular complexity index is 877. The van der Waals surface area contributed by atoms with Crippen molar-refractivity contribution in [3.63, 3.8) is 0 Å². The van der Waals surface area contributed by atoms with Gasteiger partial charge >= 0.3 is 0 Å². The first-order chi connectivity index (χ1) is 14.3. The number of anilines is 1. The zero-order valence-corrected chi connectivity index (χ0v) is 18.6. The van der Waals surface area contributed by atoms with E-state index in [1.165, 1.54) is 0 Å². The fourth-order valence-electron chi connectivity index (χ4n) is 2.99. The number of halogens is 1. The van der Waals surface area contributed by atoms with Gasteiger partial charge in [0.1, 0.15) is 6.04 Å². The second-order valence-corrected chi connectivity index (χ2v) is 7.64. The van der Waals surface area contributed by atoms with E-state index in [1.807, 2.05) is 38.1 Å². The van der Waals surface area contributed by atoms with Crippen LogP contribution in [0.4, 0.5) is 5.69 Å². The van der Waals surface area contributed by atoms with Gasteiger partial charge in [-0.3, -0.25) is 9.59 Å². The van der Waals surface area contributed by atoms with E-state index in [9.17, 15) is 9.59 Å². The lowest BCUT2D eigenvalue weighted by atomic mass is 10.0. The number of rotatable bonds is 9. The molecule has 0 aliphatic heterocycles. The van der Waals surface area contributed by atoms with Gasteiger partial charge in [-0.2, -0.15) is 5.10 Å². The Morgan fingerprint density at radius 2 is 1.77 bits per heavy atom. The highest BCUT2D eigenvalue weighted by atomic mass is 35.5. The Hall–Kier alpha value is -2.86. The third-order valence-electron chi connectivity index (χ3n) is 4.73. The molecule has 2 N–H and O–H groups in total. The first-order valence-electron chi connectivity index (χ1n) is 10.1. The van der Waals surface area contributed by atoms with Gasteiger partial charge in [0.2, 0.25) is 0 Å². The predicted octanol–water partition coefficient (Wildman–Crippen LogP) is 4.09. The van der Waals surface area contributed by atoms with Gasteiger partial charge in [-0.15, -0.1) is 0 Å². The second kappa shape index (κ2) is 11.4. The van der Waals surface area contributed by atoms with E-state index in [2.05, 4.69) is 34.6 Å². The van der Waals surface area contributed by atoms with E-state index < -0.39 is 6.04 Å². The van der Waals surface area contributed by atoms with Crippen molar-refractivity contribution in [1.82, 2.24) is 10.7 Å². The maximum absolute atomic E-state index is 12.6. The molecule has 2 amide bonds. The molecule has 0 aliphatic rings. The van der Waals surface area contributed by atoms with Crippen LogP contribution < -0.4 is 15.6 Å². The monoisotopic (exact) mass is 428 g/mol. The van der Waals surface area contributed by atoms with Crippen molar-refractivity contribution in [3.05, 3.63) is 64.7 Å². The summed E-state index contributed by atoms with van der Waals surface area (Å²) in [6.07, 6.45) is 1.58. The van der Waals surface area contributed by atoms with Gasteiger partial charge in [0.15, 0.2) is 0 Å². The average molecular weight is 429 g/mol. The SMILES string of the molecule is CCN(CC)c1ccc(C=NNC(=O)C(NC(=O)c2cccc(Cl)c2)C(C)C)cc1. The standard InChI is InChI=1S/C23H29ClN4O2/c1-5-28(6-2)20-12-10-17(11-13-20)15-25-27-23(30)21(16(3)4)26-22(29)18-8-7-9-19(24)14-18/h7-16,21H,5-6H2,1-4H3,(H,26,29)(H,27,30). The minimum Gasteiger partial charge on any atom is -0.372 e. The van der Waals surface area contributed by atoms with Gasteiger partial charge in [0, 0.05) is 29.4 Å². The van der Waals surface area contributed by atoms with Crippen molar-refractivity contribution in [1.29, 1.82) is 0 Å². The largest absolute Gasteiger partial charge is 0.372 e. The van der Waals surface area contributed by atoms with Crippen molar-refractivity contribution in [2.75, 3.05) is 18.0 Å². The highest BCUT2D eigenvalue weighted by molar-refractivity contribution is 6.31. The van der Waals surface area contributed by atoms with Crippen LogP contribution in [0.15, 0.2) is 53.6 Å². The Kier molecular flexibility index (Phi) is 8.87. The molecule has 0 saturated heterocycles. The molecule has 160 valence electrons. The first-order valence-corrected chi connectivity index (χ1v) is 10.5. The number of hydrogen-bond donors (Lipinski definition) is 2. The molecule has 2 aromatic rings. The number of hydrogen-bond acceptors (Lipinski definition) is 4. The molecule has 7 heteroatoms. The number of nitrogens with one attached hydrogen (secondary N) is 2. The van der Waals surface area contributed by atoms with Crippen LogP contribution in [0, 0.1) is 5.92 Å². The number of hydrazone groups is 1. The van der Waals surface area contributed by atoms with Gasteiger partial charge in [0.05, 0.1) is 6.21 Å². The lowest BCUT2D eigenvalue weighted by molar-refractivity contribution is -0.123. The van der Waals surface area contributed by atoms with Crippen LogP contribution in [-0.4, -0.2) is 37.2 Å². The summed E-state index contributed by atoms with van der Waals surface area (Å²) in [5.74, 6) is -0.851. The minimum atomic E-state index is -0.723. The van der Waals surface area contributed by atoms with E-state index in [-0.39, 0.29) is 17.7 Å². The molecule has 0 fully saturated rings. The molecule has 0 spiro atoms. The molecule has 1 unspecified atom stereocenters. The molecule has 2 aromatic carbocycles. The predicted molar refractivity (Wildman–Crippen MR) is 123 cm³/mol. The van der Waals surface area contributed by atoms with E-state index in [4.69, 9.17) is 11.6 Å². The maximum Gasteiger partial charge on any atom is 0.262 e. The summed E-state index contributed by atoms with van der Waals surface area (Å²) in [6, 6.07) is 13.8. The summed E-state index contributed by atoms with van der Waals surface area (Å²) in [4.78, 5) is 27.3. The molecule has 2 rings (SSSR count). The quantitative estimate of drug-likeness (QED) is 0.466. The lowest BCUT2D eigenvalue weighted by Gasteiger charge is -2.21. The molecule has 1 atom stereocenters. The summed E-state index contributed by atoms with van der Waals surface area (Å²) >= 11 is 5.94. The van der Waals surface area contributed by atoms with E-state index >= 15 is 0 Å². The highest BCUT2D eigenvalue weighted by Crippen LogP contribution is 2.14. The normalized spacial score (nSPS) is 12.1. The number of carbonyl (C=O) groups is 2. The maximum atomic E-state index is 12.6. The van der Waals surface area contributed by atoms with Crippen molar-refractivity contribution in [3.8, 4) is 0 Å². The van der Waals surface area contributed by atoms with Crippen molar-refractivity contribution >= 4 is 35.3 Å². The molecule has 0 radical (unpaired) electrons. The zero-order chi connectivity index (χ0) is 22.1. The molecule has 0 saturated carbocycles. The molecule has 0 heterocycles. The van der Waals surface area contributed by atoms with Gasteiger partial charge in [-0.05, 0) is 55.7 Å². The van der Waals surface area contributed by atoms with Gasteiger partial charge in [0.25, 0.3) is 11.8 Å². The third kappa shape index (κ3) is 6.59. The molecule has 0 aromatic heterocycles. The zero-order valence-electron chi connectivity index (χ0n) is 17.9. The topological polar surface area (TPSA) is 73.8 Å². The van der Waals surface area contributed by atoms with E-state index in [1.54, 1.807) is 30.5 Å². The van der Waals surface area contributed by atoms with Crippen molar-refractivity contribution < 1.29 is 9.59 Å². The summed E-state index contributed by atoms with van der Waals surface area (Å²) in [7, 11) is 0.